The van der Waals surface area contributed by atoms with Crippen molar-refractivity contribution in [3.05, 3.63) is 80.3 Å². The minimum atomic E-state index is -4.67. The number of ether oxygens (including phenoxy) is 1. The molecule has 14 nitrogen and oxygen atoms in total. The molecule has 0 aromatic heterocycles. The molecule has 5 rings (SSSR count). The van der Waals surface area contributed by atoms with E-state index in [1.54, 1.807) is 13.0 Å². The van der Waals surface area contributed by atoms with Crippen molar-refractivity contribution < 1.29 is 63.0 Å². The molecule has 0 radical (unpaired) electrons. The Kier molecular flexibility index (Phi) is 12.9. The number of aliphatic imine (C=N–C) groups is 4. The summed E-state index contributed by atoms with van der Waals surface area (Å²) in [5.41, 5.74) is 5.57. The summed E-state index contributed by atoms with van der Waals surface area (Å²) in [5.74, 6) is -4.88. The van der Waals surface area contributed by atoms with Crippen molar-refractivity contribution in [1.29, 1.82) is 0 Å². The van der Waals surface area contributed by atoms with Crippen LogP contribution in [0.25, 0.3) is 0 Å². The zero-order valence-corrected chi connectivity index (χ0v) is 32.8. The van der Waals surface area contributed by atoms with Gasteiger partial charge in [-0.2, -0.15) is 0 Å². The third kappa shape index (κ3) is 8.62. The molecule has 0 saturated carbocycles. The first kappa shape index (κ1) is 41.5. The van der Waals surface area contributed by atoms with Crippen LogP contribution in [0, 0.1) is 23.7 Å². The van der Waals surface area contributed by atoms with E-state index in [0.29, 0.717) is 45.2 Å². The summed E-state index contributed by atoms with van der Waals surface area (Å²) >= 11 is 0. The molecule has 0 aromatic carbocycles. The van der Waals surface area contributed by atoms with Crippen LogP contribution in [0.1, 0.15) is 67.2 Å². The third-order valence-electron chi connectivity index (χ3n) is 10.2. The first-order valence-electron chi connectivity index (χ1n) is 17.1. The second-order valence-corrected chi connectivity index (χ2v) is 15.0. The summed E-state index contributed by atoms with van der Waals surface area (Å²) < 4.78 is 39.0. The smallest absolute Gasteiger partial charge is 0.875 e. The van der Waals surface area contributed by atoms with Gasteiger partial charge in [0, 0.05) is 57.9 Å². The van der Waals surface area contributed by atoms with Crippen LogP contribution in [-0.4, -0.2) is 67.3 Å². The van der Waals surface area contributed by atoms with Crippen LogP contribution in [-0.2, 0) is 44.9 Å². The van der Waals surface area contributed by atoms with Crippen LogP contribution in [0.15, 0.2) is 100 Å². The van der Waals surface area contributed by atoms with Gasteiger partial charge in [-0.1, -0.05) is 27.7 Å². The standard InChI is InChI=1S/C37H45N5O9S.Pd/c1-8-22-17(2)25-16-30-33(21(6)43)19(4)27(40-30)14-26-18(3)23(9-10-31(44)45)35(41-26)24(13-32(46)51-7)36-34(37(47)38-11-12-52(48,49)50)20(5)28(42-36)15-29(22)39-25;/h14-18,22-23,39,43H,8-13H2,1-7H3,(H,38,47)(H,44,45)(H,48,49,50);/q;+2/p-4. The Balaban J connectivity index is 0.00000627. The van der Waals surface area contributed by atoms with Crippen molar-refractivity contribution in [1.82, 2.24) is 5.32 Å². The number of carboxylic acids is 1. The number of carbonyl (C=O) groups is 2. The third-order valence-corrected chi connectivity index (χ3v) is 10.9. The number of nitrogens with one attached hydrogen (secondary N) is 1. The molecule has 0 aromatic rings. The van der Waals surface area contributed by atoms with Gasteiger partial charge in [0.25, 0.3) is 0 Å². The quantitative estimate of drug-likeness (QED) is 0.0830. The normalized spacial score (nSPS) is 25.2. The topological polar surface area (TPSA) is 231 Å². The van der Waals surface area contributed by atoms with Gasteiger partial charge in [-0.3, -0.25) is 14.8 Å². The zero-order chi connectivity index (χ0) is 38.2. The van der Waals surface area contributed by atoms with Crippen molar-refractivity contribution in [2.75, 3.05) is 19.4 Å². The average molecular weight is 838 g/mol. The van der Waals surface area contributed by atoms with Gasteiger partial charge in [0.2, 0.25) is 0 Å². The summed E-state index contributed by atoms with van der Waals surface area (Å²) in [4.78, 5) is 43.4. The van der Waals surface area contributed by atoms with Gasteiger partial charge in [-0.05, 0) is 74.0 Å². The van der Waals surface area contributed by atoms with Gasteiger partial charge in [0.15, 0.2) is 0 Å². The van der Waals surface area contributed by atoms with Crippen molar-refractivity contribution in [3.63, 3.8) is 0 Å². The molecular formula is C37H41N5O9PdS-2. The summed E-state index contributed by atoms with van der Waals surface area (Å²) in [7, 11) is -3.46. The average Bonchev–Trinajstić information content (AvgIpc) is 3.74. The minimum Gasteiger partial charge on any atom is -0.875 e. The molecule has 1 fully saturated rings. The predicted octanol–water partition coefficient (Wildman–Crippen LogP) is 1.41. The molecule has 4 atom stereocenters. The number of carboxylic acid groups (broad SMARTS) is 1. The number of allylic oxidation sites excluding steroid dienone is 10. The molecule has 1 saturated heterocycles. The SMILES string of the molecule is CCC1C2=CC3=NC(=C(CC(=O)OC)C4=NC(=CC5=C(C)C(=C(C)[O-])C(=N5)C=C(N2)C1C)C(C)C4CCC(=O)[O-])C(C([O-])=NCCS(=O)(=O)[O-])=C3C.[Pd+2]. The Labute approximate surface area is 322 Å². The first-order chi connectivity index (χ1) is 24.4. The van der Waals surface area contributed by atoms with E-state index in [9.17, 15) is 37.9 Å². The summed E-state index contributed by atoms with van der Waals surface area (Å²) in [6.45, 7) is 10.3. The Bertz CT molecular complexity index is 2080. The van der Waals surface area contributed by atoms with Crippen LogP contribution >= 0.6 is 0 Å². The maximum atomic E-state index is 13.8. The summed E-state index contributed by atoms with van der Waals surface area (Å²) in [6, 6.07) is 0. The molecular weight excluding hydrogens is 797 g/mol. The molecule has 5 heterocycles. The van der Waals surface area contributed by atoms with Crippen LogP contribution in [0.2, 0.25) is 0 Å². The molecule has 53 heavy (non-hydrogen) atoms. The molecule has 0 aliphatic carbocycles. The van der Waals surface area contributed by atoms with E-state index in [1.807, 2.05) is 32.9 Å². The van der Waals surface area contributed by atoms with Crippen LogP contribution < -0.4 is 20.6 Å². The van der Waals surface area contributed by atoms with E-state index < -0.39 is 58.5 Å². The van der Waals surface area contributed by atoms with Crippen LogP contribution in [0.4, 0.5) is 0 Å². The second kappa shape index (κ2) is 16.4. The molecule has 286 valence electrons. The van der Waals surface area contributed by atoms with Gasteiger partial charge in [-0.15, -0.1) is 5.76 Å². The van der Waals surface area contributed by atoms with Crippen molar-refractivity contribution in [2.45, 2.75) is 67.2 Å². The molecule has 0 spiro atoms. The van der Waals surface area contributed by atoms with E-state index in [0.717, 1.165) is 17.8 Å². The number of methoxy groups -OCH3 is 1. The van der Waals surface area contributed by atoms with E-state index in [1.165, 1.54) is 14.0 Å². The Morgan fingerprint density at radius 3 is 2.25 bits per heavy atom. The molecule has 8 bridgehead atoms. The van der Waals surface area contributed by atoms with E-state index in [-0.39, 0.29) is 67.7 Å². The Hall–Kier alpha value is -4.23. The molecule has 5 aliphatic rings. The largest absolute Gasteiger partial charge is 2.00 e. The number of nitrogens with zero attached hydrogens (tertiary/aromatic N) is 4. The molecule has 0 amide bonds. The van der Waals surface area contributed by atoms with Gasteiger partial charge < -0.3 is 34.7 Å². The van der Waals surface area contributed by atoms with Crippen molar-refractivity contribution >= 4 is 45.1 Å². The number of fused-ring (bicyclic) bond motifs is 5. The Morgan fingerprint density at radius 1 is 0.962 bits per heavy atom. The number of rotatable bonds is 10. The van der Waals surface area contributed by atoms with Crippen molar-refractivity contribution in [2.24, 2.45) is 43.6 Å². The number of carbonyl (C=O) groups excluding carboxylic acids is 2. The fraction of sp³-hybridized carbons (Fsp3) is 0.459. The van der Waals surface area contributed by atoms with E-state index >= 15 is 0 Å². The van der Waals surface area contributed by atoms with E-state index in [2.05, 4.69) is 17.2 Å². The molecule has 16 heteroatoms. The summed E-state index contributed by atoms with van der Waals surface area (Å²) in [5, 5.41) is 42.1. The molecule has 4 unspecified atom stereocenters. The van der Waals surface area contributed by atoms with Gasteiger partial charge in [0.1, 0.15) is 0 Å². The van der Waals surface area contributed by atoms with Gasteiger partial charge >= 0.3 is 26.4 Å². The van der Waals surface area contributed by atoms with Gasteiger partial charge in [0.05, 0.1) is 64.5 Å². The maximum absolute atomic E-state index is 13.8. The first-order valence-corrected chi connectivity index (χ1v) is 18.7. The maximum Gasteiger partial charge on any atom is 2.00 e. The monoisotopic (exact) mass is 837 g/mol. The zero-order valence-electron chi connectivity index (χ0n) is 30.5. The number of hydrogen-bond donors (Lipinski definition) is 1. The number of esters is 1. The fourth-order valence-corrected chi connectivity index (χ4v) is 7.69. The van der Waals surface area contributed by atoms with Crippen LogP contribution in [0.5, 0.6) is 0 Å². The predicted molar refractivity (Wildman–Crippen MR) is 188 cm³/mol. The fourth-order valence-electron chi connectivity index (χ4n) is 7.38. The number of aliphatic carboxylic acids is 1. The molecule has 5 aliphatic heterocycles. The summed E-state index contributed by atoms with van der Waals surface area (Å²) in [6.07, 6.45) is 5.50. The Morgan fingerprint density at radius 2 is 1.64 bits per heavy atom. The molecule has 1 N–H and O–H groups in total. The van der Waals surface area contributed by atoms with Crippen LogP contribution in [0.3, 0.4) is 0 Å². The van der Waals surface area contributed by atoms with Crippen molar-refractivity contribution in [3.8, 4) is 0 Å². The van der Waals surface area contributed by atoms with E-state index in [4.69, 9.17) is 19.7 Å². The minimum absolute atomic E-state index is 0. The van der Waals surface area contributed by atoms with Gasteiger partial charge in [-0.25, -0.2) is 18.4 Å². The second-order valence-electron chi connectivity index (χ2n) is 13.5. The number of hydrogen-bond acceptors (Lipinski definition) is 14.